The van der Waals surface area contributed by atoms with Gasteiger partial charge in [-0.15, -0.1) is 0 Å². The third-order valence-electron chi connectivity index (χ3n) is 5.04. The fourth-order valence-electron chi connectivity index (χ4n) is 3.45. The second-order valence-corrected chi connectivity index (χ2v) is 8.40. The fraction of sp³-hybridized carbons (Fsp3) is 0.353. The molecule has 156 valence electrons. The van der Waals surface area contributed by atoms with Crippen LogP contribution >= 0.6 is 0 Å². The van der Waals surface area contributed by atoms with Crippen molar-refractivity contribution in [1.82, 2.24) is 19.6 Å². The van der Waals surface area contributed by atoms with Crippen molar-refractivity contribution in [2.24, 2.45) is 5.14 Å². The van der Waals surface area contributed by atoms with E-state index in [0.717, 1.165) is 10.4 Å². The fourth-order valence-corrected chi connectivity index (χ4v) is 4.14. The summed E-state index contributed by atoms with van der Waals surface area (Å²) in [5.74, 6) is -2.18. The Hall–Kier alpha value is -2.70. The monoisotopic (exact) mass is 426 g/mol. The van der Waals surface area contributed by atoms with Crippen molar-refractivity contribution in [2.45, 2.75) is 18.3 Å². The van der Waals surface area contributed by atoms with Crippen molar-refractivity contribution >= 4 is 21.9 Å². The average molecular weight is 426 g/mol. The number of anilines is 1. The van der Waals surface area contributed by atoms with Gasteiger partial charge in [-0.3, -0.25) is 4.79 Å². The van der Waals surface area contributed by atoms with E-state index >= 15 is 0 Å². The van der Waals surface area contributed by atoms with Gasteiger partial charge in [0, 0.05) is 43.5 Å². The minimum absolute atomic E-state index is 0.0107. The summed E-state index contributed by atoms with van der Waals surface area (Å²) in [7, 11) is -3.89. The smallest absolute Gasteiger partial charge is 0.276 e. The molecule has 2 heterocycles. The van der Waals surface area contributed by atoms with Crippen LogP contribution < -0.4 is 16.2 Å². The van der Waals surface area contributed by atoms with Crippen molar-refractivity contribution < 1.29 is 22.0 Å². The number of carbonyl (C=O) groups excluding carboxylic acids is 1. The van der Waals surface area contributed by atoms with Crippen LogP contribution in [0.5, 0.6) is 0 Å². The van der Waals surface area contributed by atoms with E-state index in [0.29, 0.717) is 5.56 Å². The second kappa shape index (κ2) is 7.97. The molecule has 1 aliphatic rings. The zero-order valence-electron chi connectivity index (χ0n) is 15.3. The van der Waals surface area contributed by atoms with Crippen LogP contribution in [0.3, 0.4) is 0 Å². The predicted molar refractivity (Wildman–Crippen MR) is 101 cm³/mol. The van der Waals surface area contributed by atoms with Gasteiger partial charge in [0.1, 0.15) is 11.6 Å². The molecule has 0 bridgehead atoms. The Morgan fingerprint density at radius 2 is 1.72 bits per heavy atom. The van der Waals surface area contributed by atoms with Crippen LogP contribution in [0, 0.1) is 11.6 Å². The van der Waals surface area contributed by atoms with Crippen molar-refractivity contribution in [3.8, 4) is 0 Å². The summed E-state index contributed by atoms with van der Waals surface area (Å²) in [6, 6.07) is 3.10. The highest BCUT2D eigenvalue weighted by Crippen LogP contribution is 2.36. The number of hydrogen-bond acceptors (Lipinski definition) is 6. The van der Waals surface area contributed by atoms with E-state index in [9.17, 15) is 22.0 Å². The lowest BCUT2D eigenvalue weighted by molar-refractivity contribution is 0.0928. The standard InChI is InChI=1S/C17H20F2N6O3S/c18-12-7-11(8-13(19)9-12)17(1-5-25(6-2-17)29(21,27)28)10-24-16(26)14-15(20)23-4-3-22-14/h3-4,7-9H,1-2,5-6,10H2,(H2,20,23)(H,24,26)(H2,21,27,28). The molecular formula is C17H20F2N6O3S. The number of hydrogen-bond donors (Lipinski definition) is 3. The summed E-state index contributed by atoms with van der Waals surface area (Å²) in [6.07, 6.45) is 3.05. The molecule has 0 unspecified atom stereocenters. The predicted octanol–water partition coefficient (Wildman–Crippen LogP) is 0.304. The molecule has 1 aromatic heterocycles. The number of amides is 1. The van der Waals surface area contributed by atoms with Crippen LogP contribution in [-0.2, 0) is 15.6 Å². The highest BCUT2D eigenvalue weighted by atomic mass is 32.2. The molecule has 2 aromatic rings. The van der Waals surface area contributed by atoms with Crippen LogP contribution in [-0.4, -0.2) is 48.2 Å². The van der Waals surface area contributed by atoms with E-state index in [-0.39, 0.29) is 44.0 Å². The Labute approximate surface area is 166 Å². The van der Waals surface area contributed by atoms with Crippen molar-refractivity contribution in [1.29, 1.82) is 0 Å². The molecule has 0 atom stereocenters. The van der Waals surface area contributed by atoms with Crippen molar-refractivity contribution in [3.63, 3.8) is 0 Å². The van der Waals surface area contributed by atoms with E-state index in [4.69, 9.17) is 10.9 Å². The molecule has 1 fully saturated rings. The molecule has 1 amide bonds. The quantitative estimate of drug-likeness (QED) is 0.627. The largest absolute Gasteiger partial charge is 0.382 e. The van der Waals surface area contributed by atoms with Gasteiger partial charge in [0.2, 0.25) is 0 Å². The summed E-state index contributed by atoms with van der Waals surface area (Å²) in [6.45, 7) is 0.0729. The number of nitrogens with two attached hydrogens (primary N) is 2. The normalized spacial score (nSPS) is 17.1. The lowest BCUT2D eigenvalue weighted by Gasteiger charge is -2.41. The van der Waals surface area contributed by atoms with Gasteiger partial charge in [-0.25, -0.2) is 23.9 Å². The zero-order valence-corrected chi connectivity index (χ0v) is 16.1. The van der Waals surface area contributed by atoms with E-state index in [1.807, 2.05) is 0 Å². The first-order chi connectivity index (χ1) is 13.6. The highest BCUT2D eigenvalue weighted by Gasteiger charge is 2.39. The molecule has 9 nitrogen and oxygen atoms in total. The van der Waals surface area contributed by atoms with Crippen LogP contribution in [0.15, 0.2) is 30.6 Å². The van der Waals surface area contributed by atoms with E-state index in [1.165, 1.54) is 24.5 Å². The van der Waals surface area contributed by atoms with E-state index in [2.05, 4.69) is 15.3 Å². The van der Waals surface area contributed by atoms with Crippen LogP contribution in [0.2, 0.25) is 0 Å². The van der Waals surface area contributed by atoms with E-state index < -0.39 is 33.2 Å². The first-order valence-electron chi connectivity index (χ1n) is 8.70. The average Bonchev–Trinajstić information content (AvgIpc) is 2.65. The van der Waals surface area contributed by atoms with Crippen LogP contribution in [0.4, 0.5) is 14.6 Å². The molecule has 5 N–H and O–H groups in total. The first-order valence-corrected chi connectivity index (χ1v) is 10.2. The van der Waals surface area contributed by atoms with Gasteiger partial charge in [-0.1, -0.05) is 0 Å². The maximum Gasteiger partial charge on any atom is 0.276 e. The van der Waals surface area contributed by atoms with Gasteiger partial charge in [0.05, 0.1) is 0 Å². The Balaban J connectivity index is 1.88. The summed E-state index contributed by atoms with van der Waals surface area (Å²) >= 11 is 0. The number of piperidine rings is 1. The molecule has 0 aliphatic carbocycles. The number of nitrogens with zero attached hydrogens (tertiary/aromatic N) is 3. The summed E-state index contributed by atoms with van der Waals surface area (Å²) in [5, 5.41) is 7.86. The van der Waals surface area contributed by atoms with Crippen LogP contribution in [0.1, 0.15) is 28.9 Å². The van der Waals surface area contributed by atoms with Crippen molar-refractivity contribution in [2.75, 3.05) is 25.4 Å². The third kappa shape index (κ3) is 4.66. The Kier molecular flexibility index (Phi) is 5.78. The maximum atomic E-state index is 13.8. The lowest BCUT2D eigenvalue weighted by Crippen LogP contribution is -2.51. The van der Waals surface area contributed by atoms with Gasteiger partial charge in [-0.2, -0.15) is 12.7 Å². The molecular weight excluding hydrogens is 406 g/mol. The minimum atomic E-state index is -3.89. The van der Waals surface area contributed by atoms with Gasteiger partial charge in [-0.05, 0) is 30.5 Å². The Morgan fingerprint density at radius 1 is 1.14 bits per heavy atom. The molecule has 1 aromatic carbocycles. The third-order valence-corrected chi connectivity index (χ3v) is 6.13. The molecule has 1 saturated heterocycles. The molecule has 0 saturated carbocycles. The van der Waals surface area contributed by atoms with E-state index in [1.54, 1.807) is 0 Å². The Bertz CT molecular complexity index is 1010. The van der Waals surface area contributed by atoms with Gasteiger partial charge >= 0.3 is 0 Å². The first kappa shape index (κ1) is 21.0. The van der Waals surface area contributed by atoms with Crippen LogP contribution in [0.25, 0.3) is 0 Å². The summed E-state index contributed by atoms with van der Waals surface area (Å²) in [4.78, 5) is 20.2. The van der Waals surface area contributed by atoms with Gasteiger partial charge in [0.25, 0.3) is 16.1 Å². The maximum absolute atomic E-state index is 13.8. The highest BCUT2D eigenvalue weighted by molar-refractivity contribution is 7.86. The molecule has 12 heteroatoms. The molecule has 1 aliphatic heterocycles. The molecule has 29 heavy (non-hydrogen) atoms. The van der Waals surface area contributed by atoms with Crippen molar-refractivity contribution in [3.05, 3.63) is 53.5 Å². The molecule has 3 rings (SSSR count). The van der Waals surface area contributed by atoms with Gasteiger partial charge in [0.15, 0.2) is 11.5 Å². The zero-order chi connectivity index (χ0) is 21.2. The number of rotatable bonds is 5. The minimum Gasteiger partial charge on any atom is -0.382 e. The number of benzene rings is 1. The molecule has 0 spiro atoms. The lowest BCUT2D eigenvalue weighted by atomic mass is 9.73. The number of aromatic nitrogens is 2. The number of carbonyl (C=O) groups is 1. The number of nitrogens with one attached hydrogen (secondary N) is 1. The Morgan fingerprint density at radius 3 is 2.28 bits per heavy atom. The topological polar surface area (TPSA) is 144 Å². The summed E-state index contributed by atoms with van der Waals surface area (Å²) < 4.78 is 52.0. The SMILES string of the molecule is Nc1nccnc1C(=O)NCC1(c2cc(F)cc(F)c2)CCN(S(N)(=O)=O)CC1. The number of nitrogen functional groups attached to an aromatic ring is 1. The molecule has 0 radical (unpaired) electrons. The second-order valence-electron chi connectivity index (χ2n) is 6.86. The number of halogens is 2. The van der Waals surface area contributed by atoms with Gasteiger partial charge < -0.3 is 11.1 Å². The summed E-state index contributed by atoms with van der Waals surface area (Å²) in [5.41, 5.74) is 5.00.